The van der Waals surface area contributed by atoms with Crippen molar-refractivity contribution in [2.45, 2.75) is 58.9 Å². The van der Waals surface area contributed by atoms with Crippen molar-refractivity contribution in [2.24, 2.45) is 5.92 Å². The van der Waals surface area contributed by atoms with Crippen molar-refractivity contribution in [3.05, 3.63) is 11.8 Å². The van der Waals surface area contributed by atoms with Gasteiger partial charge in [-0.25, -0.2) is 4.98 Å². The molecule has 1 heterocycles. The van der Waals surface area contributed by atoms with Crippen molar-refractivity contribution < 1.29 is 0 Å². The molecule has 106 valence electrons. The molecule has 1 fully saturated rings. The summed E-state index contributed by atoms with van der Waals surface area (Å²) in [6, 6.07) is 2.53. The summed E-state index contributed by atoms with van der Waals surface area (Å²) < 4.78 is 0. The minimum Gasteiger partial charge on any atom is -0.367 e. The first-order valence-corrected chi connectivity index (χ1v) is 7.55. The summed E-state index contributed by atoms with van der Waals surface area (Å²) in [6.07, 6.45) is 6.53. The van der Waals surface area contributed by atoms with Gasteiger partial charge in [-0.2, -0.15) is 4.98 Å². The van der Waals surface area contributed by atoms with Crippen LogP contribution in [0.1, 0.15) is 51.6 Å². The number of nitrogens with zero attached hydrogens (tertiary/aromatic N) is 2. The number of aromatic nitrogens is 2. The van der Waals surface area contributed by atoms with Crippen LogP contribution in [0.25, 0.3) is 0 Å². The second kappa shape index (κ2) is 6.73. The molecular formula is C15H26N4. The molecular weight excluding hydrogens is 236 g/mol. The van der Waals surface area contributed by atoms with Gasteiger partial charge in [0.25, 0.3) is 0 Å². The van der Waals surface area contributed by atoms with Crippen LogP contribution < -0.4 is 10.6 Å². The van der Waals surface area contributed by atoms with E-state index in [4.69, 9.17) is 0 Å². The summed E-state index contributed by atoms with van der Waals surface area (Å²) in [6.45, 7) is 7.35. The molecule has 4 nitrogen and oxygen atoms in total. The van der Waals surface area contributed by atoms with Gasteiger partial charge in [-0.15, -0.1) is 0 Å². The fourth-order valence-electron chi connectivity index (χ4n) is 2.77. The number of hydrogen-bond acceptors (Lipinski definition) is 4. The SMILES string of the molecule is CCCNc1nc(C)cc(NC(C)C2CCCC2)n1. The first-order chi connectivity index (χ1) is 9.19. The van der Waals surface area contributed by atoms with Gasteiger partial charge < -0.3 is 10.6 Å². The number of hydrogen-bond donors (Lipinski definition) is 2. The van der Waals surface area contributed by atoms with Gasteiger partial charge in [0.15, 0.2) is 0 Å². The number of rotatable bonds is 6. The van der Waals surface area contributed by atoms with E-state index in [-0.39, 0.29) is 0 Å². The first kappa shape index (κ1) is 14.1. The molecule has 1 aromatic heterocycles. The molecule has 1 atom stereocenters. The molecule has 0 saturated heterocycles. The van der Waals surface area contributed by atoms with E-state index in [9.17, 15) is 0 Å². The average molecular weight is 262 g/mol. The van der Waals surface area contributed by atoms with E-state index in [1.807, 2.05) is 13.0 Å². The fourth-order valence-corrected chi connectivity index (χ4v) is 2.77. The normalized spacial score (nSPS) is 17.4. The highest BCUT2D eigenvalue weighted by atomic mass is 15.1. The lowest BCUT2D eigenvalue weighted by Gasteiger charge is -2.21. The maximum absolute atomic E-state index is 4.55. The predicted octanol–water partition coefficient (Wildman–Crippen LogP) is 3.60. The Kier molecular flexibility index (Phi) is 5.00. The van der Waals surface area contributed by atoms with Gasteiger partial charge in [-0.05, 0) is 39.0 Å². The standard InChI is InChI=1S/C15H26N4/c1-4-9-16-15-17-11(2)10-14(19-15)18-12(3)13-7-5-6-8-13/h10,12-13H,4-9H2,1-3H3,(H2,16,17,18,19). The van der Waals surface area contributed by atoms with Crippen LogP contribution in [-0.4, -0.2) is 22.6 Å². The van der Waals surface area contributed by atoms with Gasteiger partial charge in [0.05, 0.1) is 0 Å². The first-order valence-electron chi connectivity index (χ1n) is 7.55. The number of aryl methyl sites for hydroxylation is 1. The van der Waals surface area contributed by atoms with Gasteiger partial charge in [0, 0.05) is 24.3 Å². The van der Waals surface area contributed by atoms with E-state index in [2.05, 4.69) is 34.4 Å². The Morgan fingerprint density at radius 3 is 2.74 bits per heavy atom. The molecule has 0 bridgehead atoms. The van der Waals surface area contributed by atoms with Crippen LogP contribution in [0.4, 0.5) is 11.8 Å². The average Bonchev–Trinajstić information content (AvgIpc) is 2.89. The van der Waals surface area contributed by atoms with Crippen molar-refractivity contribution in [2.75, 3.05) is 17.2 Å². The molecule has 0 spiro atoms. The molecule has 2 N–H and O–H groups in total. The molecule has 1 aliphatic rings. The molecule has 0 radical (unpaired) electrons. The Bertz CT molecular complexity index is 399. The van der Waals surface area contributed by atoms with Crippen LogP contribution in [0.15, 0.2) is 6.07 Å². The van der Waals surface area contributed by atoms with E-state index < -0.39 is 0 Å². The zero-order valence-electron chi connectivity index (χ0n) is 12.4. The van der Waals surface area contributed by atoms with Crippen molar-refractivity contribution >= 4 is 11.8 Å². The minimum absolute atomic E-state index is 0.496. The van der Waals surface area contributed by atoms with Crippen LogP contribution in [-0.2, 0) is 0 Å². The molecule has 0 amide bonds. The second-order valence-electron chi connectivity index (χ2n) is 5.62. The quantitative estimate of drug-likeness (QED) is 0.822. The third kappa shape index (κ3) is 4.08. The molecule has 19 heavy (non-hydrogen) atoms. The van der Waals surface area contributed by atoms with E-state index >= 15 is 0 Å². The molecule has 0 aliphatic heterocycles. The Morgan fingerprint density at radius 1 is 1.32 bits per heavy atom. The van der Waals surface area contributed by atoms with E-state index in [1.165, 1.54) is 25.7 Å². The maximum Gasteiger partial charge on any atom is 0.224 e. The zero-order chi connectivity index (χ0) is 13.7. The summed E-state index contributed by atoms with van der Waals surface area (Å²) >= 11 is 0. The Hall–Kier alpha value is -1.32. The van der Waals surface area contributed by atoms with Gasteiger partial charge in [0.2, 0.25) is 5.95 Å². The van der Waals surface area contributed by atoms with Crippen LogP contribution in [0.3, 0.4) is 0 Å². The molecule has 1 aliphatic carbocycles. The van der Waals surface area contributed by atoms with Crippen molar-refractivity contribution in [1.29, 1.82) is 0 Å². The van der Waals surface area contributed by atoms with E-state index in [0.717, 1.165) is 36.3 Å². The van der Waals surface area contributed by atoms with Crippen LogP contribution >= 0.6 is 0 Å². The van der Waals surface area contributed by atoms with Crippen molar-refractivity contribution in [3.63, 3.8) is 0 Å². The Balaban J connectivity index is 2.00. The highest BCUT2D eigenvalue weighted by Gasteiger charge is 2.21. The van der Waals surface area contributed by atoms with Gasteiger partial charge in [-0.1, -0.05) is 19.8 Å². The van der Waals surface area contributed by atoms with Crippen LogP contribution in [0.2, 0.25) is 0 Å². The maximum atomic E-state index is 4.55. The topological polar surface area (TPSA) is 49.8 Å². The summed E-state index contributed by atoms with van der Waals surface area (Å²) in [5.41, 5.74) is 1.01. The van der Waals surface area contributed by atoms with Gasteiger partial charge >= 0.3 is 0 Å². The van der Waals surface area contributed by atoms with Crippen molar-refractivity contribution in [1.82, 2.24) is 9.97 Å². The fraction of sp³-hybridized carbons (Fsp3) is 0.733. The summed E-state index contributed by atoms with van der Waals surface area (Å²) in [7, 11) is 0. The number of nitrogens with one attached hydrogen (secondary N) is 2. The Labute approximate surface area is 116 Å². The zero-order valence-corrected chi connectivity index (χ0v) is 12.4. The van der Waals surface area contributed by atoms with Crippen LogP contribution in [0, 0.1) is 12.8 Å². The van der Waals surface area contributed by atoms with Crippen LogP contribution in [0.5, 0.6) is 0 Å². The third-order valence-electron chi connectivity index (χ3n) is 3.87. The highest BCUT2D eigenvalue weighted by Crippen LogP contribution is 2.29. The van der Waals surface area contributed by atoms with E-state index in [1.54, 1.807) is 0 Å². The lowest BCUT2D eigenvalue weighted by molar-refractivity contribution is 0.481. The minimum atomic E-state index is 0.496. The molecule has 1 aromatic rings. The third-order valence-corrected chi connectivity index (χ3v) is 3.87. The molecule has 1 unspecified atom stereocenters. The largest absolute Gasteiger partial charge is 0.367 e. The molecule has 1 saturated carbocycles. The second-order valence-corrected chi connectivity index (χ2v) is 5.62. The lowest BCUT2D eigenvalue weighted by Crippen LogP contribution is -2.24. The summed E-state index contributed by atoms with van der Waals surface area (Å²) in [5, 5.41) is 6.81. The Morgan fingerprint density at radius 2 is 2.05 bits per heavy atom. The summed E-state index contributed by atoms with van der Waals surface area (Å²) in [4.78, 5) is 8.96. The van der Waals surface area contributed by atoms with Gasteiger partial charge in [-0.3, -0.25) is 0 Å². The van der Waals surface area contributed by atoms with Gasteiger partial charge in [0.1, 0.15) is 5.82 Å². The smallest absolute Gasteiger partial charge is 0.224 e. The predicted molar refractivity (Wildman–Crippen MR) is 80.6 cm³/mol. The summed E-state index contributed by atoms with van der Waals surface area (Å²) in [5.74, 6) is 2.48. The highest BCUT2D eigenvalue weighted by molar-refractivity contribution is 5.42. The molecule has 4 heteroatoms. The van der Waals surface area contributed by atoms with Crippen molar-refractivity contribution in [3.8, 4) is 0 Å². The monoisotopic (exact) mass is 262 g/mol. The number of anilines is 2. The van der Waals surface area contributed by atoms with E-state index in [0.29, 0.717) is 6.04 Å². The molecule has 0 aromatic carbocycles. The molecule has 2 rings (SSSR count). The lowest BCUT2D eigenvalue weighted by atomic mass is 10.00.